The van der Waals surface area contributed by atoms with Crippen molar-refractivity contribution in [2.45, 2.75) is 31.9 Å². The molecule has 3 aromatic carbocycles. The van der Waals surface area contributed by atoms with Crippen LogP contribution in [0.1, 0.15) is 25.0 Å². The molecule has 30 heavy (non-hydrogen) atoms. The van der Waals surface area contributed by atoms with Crippen LogP contribution in [0, 0.1) is 0 Å². The van der Waals surface area contributed by atoms with Gasteiger partial charge < -0.3 is 15.2 Å². The van der Waals surface area contributed by atoms with Gasteiger partial charge in [-0.05, 0) is 36.1 Å². The average Bonchev–Trinajstić information content (AvgIpc) is 2.74. The van der Waals surface area contributed by atoms with Crippen LogP contribution in [-0.4, -0.2) is 23.3 Å². The molecule has 0 aromatic heterocycles. The Bertz CT molecular complexity index is 985. The minimum Gasteiger partial charge on any atom is -0.479 e. The van der Waals surface area contributed by atoms with E-state index >= 15 is 0 Å². The van der Waals surface area contributed by atoms with Crippen molar-refractivity contribution in [3.63, 3.8) is 0 Å². The highest BCUT2D eigenvalue weighted by Crippen LogP contribution is 2.29. The topological polar surface area (TPSA) is 75.6 Å². The van der Waals surface area contributed by atoms with E-state index in [0.717, 1.165) is 16.7 Å². The molecule has 0 unspecified atom stereocenters. The molecule has 0 radical (unpaired) electrons. The molecule has 5 heteroatoms. The first-order valence-electron chi connectivity index (χ1n) is 9.83. The van der Waals surface area contributed by atoms with Crippen LogP contribution in [0.5, 0.6) is 0 Å². The van der Waals surface area contributed by atoms with Crippen molar-refractivity contribution in [1.29, 1.82) is 0 Å². The third-order valence-electron chi connectivity index (χ3n) is 4.82. The van der Waals surface area contributed by atoms with Gasteiger partial charge in [0.15, 0.2) is 5.54 Å². The lowest BCUT2D eigenvalue weighted by Gasteiger charge is -2.31. The highest BCUT2D eigenvalue weighted by molar-refractivity contribution is 5.86. The monoisotopic (exact) mass is 403 g/mol. The van der Waals surface area contributed by atoms with Gasteiger partial charge in [-0.3, -0.25) is 0 Å². The summed E-state index contributed by atoms with van der Waals surface area (Å²) in [7, 11) is 0. The van der Waals surface area contributed by atoms with Gasteiger partial charge in [-0.25, -0.2) is 9.59 Å². The van der Waals surface area contributed by atoms with Gasteiger partial charge in [0.25, 0.3) is 0 Å². The molecule has 0 bridgehead atoms. The Morgan fingerprint density at radius 3 is 1.93 bits per heavy atom. The zero-order valence-corrected chi connectivity index (χ0v) is 17.0. The van der Waals surface area contributed by atoms with Crippen molar-refractivity contribution < 1.29 is 19.4 Å². The molecular formula is C25H25NO4. The van der Waals surface area contributed by atoms with Crippen molar-refractivity contribution >= 4 is 12.1 Å². The minimum atomic E-state index is -1.66. The van der Waals surface area contributed by atoms with Crippen molar-refractivity contribution in [2.24, 2.45) is 0 Å². The minimum absolute atomic E-state index is 0.0844. The summed E-state index contributed by atoms with van der Waals surface area (Å²) in [5, 5.41) is 12.9. The fourth-order valence-corrected chi connectivity index (χ4v) is 3.37. The van der Waals surface area contributed by atoms with Gasteiger partial charge in [0.1, 0.15) is 0 Å². The number of carbonyl (C=O) groups excluding carboxylic acids is 1. The molecule has 1 atom stereocenters. The van der Waals surface area contributed by atoms with Crippen LogP contribution in [0.3, 0.4) is 0 Å². The highest BCUT2D eigenvalue weighted by Gasteiger charge is 2.43. The summed E-state index contributed by atoms with van der Waals surface area (Å²) < 4.78 is 5.19. The number of alkyl carbamates (subject to hydrolysis) is 1. The fourth-order valence-electron chi connectivity index (χ4n) is 3.37. The van der Waals surface area contributed by atoms with Crippen LogP contribution in [0.15, 0.2) is 84.9 Å². The summed E-state index contributed by atoms with van der Waals surface area (Å²) in [5.74, 6) is -1.15. The Hall–Kier alpha value is -3.60. The van der Waals surface area contributed by atoms with Gasteiger partial charge in [0.2, 0.25) is 0 Å². The molecule has 0 saturated heterocycles. The summed E-state index contributed by atoms with van der Waals surface area (Å²) >= 11 is 0. The first-order chi connectivity index (χ1) is 14.4. The number of hydrogen-bond acceptors (Lipinski definition) is 3. The van der Waals surface area contributed by atoms with Gasteiger partial charge in [-0.1, -0.05) is 84.9 Å². The Balaban J connectivity index is 2.02. The molecule has 5 nitrogen and oxygen atoms in total. The number of carboxylic acid groups (broad SMARTS) is 1. The van der Waals surface area contributed by atoms with Crippen molar-refractivity contribution in [3.8, 4) is 11.1 Å². The maximum Gasteiger partial charge on any atom is 0.408 e. The summed E-state index contributed by atoms with van der Waals surface area (Å²) in [6.07, 6.45) is -1.05. The molecule has 3 rings (SSSR count). The van der Waals surface area contributed by atoms with E-state index in [-0.39, 0.29) is 12.5 Å². The van der Waals surface area contributed by atoms with E-state index in [1.54, 1.807) is 26.0 Å². The maximum absolute atomic E-state index is 12.5. The molecule has 2 N–H and O–H groups in total. The quantitative estimate of drug-likeness (QED) is 0.581. The van der Waals surface area contributed by atoms with E-state index in [9.17, 15) is 14.7 Å². The zero-order chi connectivity index (χ0) is 21.6. The summed E-state index contributed by atoms with van der Waals surface area (Å²) in [5.41, 5.74) is 1.59. The van der Waals surface area contributed by atoms with E-state index in [4.69, 9.17) is 4.74 Å². The third kappa shape index (κ3) is 4.87. The summed E-state index contributed by atoms with van der Waals surface area (Å²) in [6, 6.07) is 26.3. The number of ether oxygens (including phenoxy) is 1. The predicted molar refractivity (Wildman–Crippen MR) is 116 cm³/mol. The molecule has 154 valence electrons. The van der Waals surface area contributed by atoms with Crippen molar-refractivity contribution in [2.75, 3.05) is 0 Å². The lowest BCUT2D eigenvalue weighted by Crippen LogP contribution is -2.54. The number of hydrogen-bond donors (Lipinski definition) is 2. The van der Waals surface area contributed by atoms with E-state index in [0.29, 0.717) is 5.56 Å². The molecule has 0 aliphatic heterocycles. The van der Waals surface area contributed by atoms with Gasteiger partial charge in [0.05, 0.1) is 6.10 Å². The first kappa shape index (κ1) is 21.1. The Morgan fingerprint density at radius 1 is 0.867 bits per heavy atom. The smallest absolute Gasteiger partial charge is 0.408 e. The second kappa shape index (κ2) is 9.27. The lowest BCUT2D eigenvalue weighted by atomic mass is 9.83. The molecule has 3 aromatic rings. The Kier molecular flexibility index (Phi) is 6.52. The maximum atomic E-state index is 12.5. The third-order valence-corrected chi connectivity index (χ3v) is 4.82. The highest BCUT2D eigenvalue weighted by atomic mass is 16.6. The Morgan fingerprint density at radius 2 is 1.40 bits per heavy atom. The molecule has 0 spiro atoms. The second-order valence-corrected chi connectivity index (χ2v) is 7.40. The van der Waals surface area contributed by atoms with Crippen LogP contribution in [0.25, 0.3) is 11.1 Å². The van der Waals surface area contributed by atoms with Gasteiger partial charge >= 0.3 is 12.1 Å². The predicted octanol–water partition coefficient (Wildman–Crippen LogP) is 5.01. The number of aliphatic carboxylic acids is 1. The molecule has 0 aliphatic rings. The molecular weight excluding hydrogens is 378 g/mol. The number of rotatable bonds is 7. The van der Waals surface area contributed by atoms with E-state index in [1.165, 1.54) is 0 Å². The number of carboxylic acids is 1. The zero-order valence-electron chi connectivity index (χ0n) is 17.0. The van der Waals surface area contributed by atoms with Crippen LogP contribution in [0.4, 0.5) is 4.79 Å². The Labute approximate surface area is 176 Å². The lowest BCUT2D eigenvalue weighted by molar-refractivity contribution is -0.145. The molecule has 0 heterocycles. The van der Waals surface area contributed by atoms with E-state index in [2.05, 4.69) is 5.32 Å². The molecule has 1 amide bonds. The van der Waals surface area contributed by atoms with Gasteiger partial charge in [0, 0.05) is 6.42 Å². The number of benzene rings is 3. The normalized spacial score (nSPS) is 12.8. The van der Waals surface area contributed by atoms with E-state index < -0.39 is 17.6 Å². The van der Waals surface area contributed by atoms with Crippen LogP contribution >= 0.6 is 0 Å². The van der Waals surface area contributed by atoms with Gasteiger partial charge in [-0.15, -0.1) is 0 Å². The largest absolute Gasteiger partial charge is 0.479 e. The number of amides is 1. The van der Waals surface area contributed by atoms with Crippen LogP contribution < -0.4 is 5.32 Å². The number of nitrogens with one attached hydrogen (secondary N) is 1. The second-order valence-electron chi connectivity index (χ2n) is 7.40. The van der Waals surface area contributed by atoms with Crippen LogP contribution in [-0.2, 0) is 21.5 Å². The van der Waals surface area contributed by atoms with Gasteiger partial charge in [-0.2, -0.15) is 0 Å². The fraction of sp³-hybridized carbons (Fsp3) is 0.200. The molecule has 0 saturated carbocycles. The van der Waals surface area contributed by atoms with Crippen molar-refractivity contribution in [3.05, 3.63) is 96.1 Å². The summed E-state index contributed by atoms with van der Waals surface area (Å²) in [6.45, 7) is 3.43. The van der Waals surface area contributed by atoms with E-state index in [1.807, 2.05) is 72.8 Å². The molecule has 0 aliphatic carbocycles. The van der Waals surface area contributed by atoms with Crippen molar-refractivity contribution in [1.82, 2.24) is 5.32 Å². The standard InChI is InChI=1S/C25H25NO4/c1-18(2)30-24(29)26-25(23(27)28,17-19-9-5-3-6-10-19)22-15-13-21(14-16-22)20-11-7-4-8-12-20/h3-16,18H,17H2,1-2H3,(H,26,29)(H,27,28)/t25-/m1/s1. The SMILES string of the molecule is CC(C)OC(=O)N[C@@](Cc1ccccc1)(C(=O)O)c1ccc(-c2ccccc2)cc1. The summed E-state index contributed by atoms with van der Waals surface area (Å²) in [4.78, 5) is 25.0. The molecule has 0 fully saturated rings. The van der Waals surface area contributed by atoms with Crippen LogP contribution in [0.2, 0.25) is 0 Å². The first-order valence-corrected chi connectivity index (χ1v) is 9.83. The number of carbonyl (C=O) groups is 2. The average molecular weight is 403 g/mol.